The number of rotatable bonds is 6. The van der Waals surface area contributed by atoms with Crippen LogP contribution in [0.2, 0.25) is 0 Å². The summed E-state index contributed by atoms with van der Waals surface area (Å²) in [4.78, 5) is 23.3. The third-order valence-corrected chi connectivity index (χ3v) is 5.17. The minimum absolute atomic E-state index is 0. The third kappa shape index (κ3) is 4.99. The van der Waals surface area contributed by atoms with Crippen LogP contribution in [-0.4, -0.2) is 53.3 Å². The molecule has 0 aliphatic carbocycles. The number of amides is 1. The van der Waals surface area contributed by atoms with Gasteiger partial charge in [-0.15, -0.1) is 12.4 Å². The highest BCUT2D eigenvalue weighted by Crippen LogP contribution is 2.21. The average molecular weight is 407 g/mol. The molecule has 1 amide bonds. The monoisotopic (exact) mass is 406 g/mol. The highest BCUT2D eigenvalue weighted by molar-refractivity contribution is 5.85. The Morgan fingerprint density at radius 1 is 1.25 bits per heavy atom. The second-order valence-corrected chi connectivity index (χ2v) is 7.15. The number of pyridine rings is 1. The van der Waals surface area contributed by atoms with Crippen molar-refractivity contribution in [3.63, 3.8) is 0 Å². The number of hydrogen-bond donors (Lipinski definition) is 2. The Morgan fingerprint density at radius 3 is 2.82 bits per heavy atom. The normalized spacial score (nSPS) is 19.3. The van der Waals surface area contributed by atoms with E-state index in [2.05, 4.69) is 30.7 Å². The molecule has 4 heterocycles. The summed E-state index contributed by atoms with van der Waals surface area (Å²) in [5.74, 6) is 2.10. The molecule has 2 saturated heterocycles. The SMILES string of the molecule is Cl.O=C(NCCc1nc(-c2ccc(N3CCCCC3)nc2)no1)C1CCCN1. The molecule has 9 heteroatoms. The molecule has 28 heavy (non-hydrogen) atoms. The Labute approximate surface area is 170 Å². The Morgan fingerprint density at radius 2 is 2.11 bits per heavy atom. The van der Waals surface area contributed by atoms with Crippen LogP contribution in [0.25, 0.3) is 11.4 Å². The summed E-state index contributed by atoms with van der Waals surface area (Å²) in [6, 6.07) is 3.94. The van der Waals surface area contributed by atoms with Gasteiger partial charge in [-0.3, -0.25) is 4.79 Å². The maximum atomic E-state index is 12.0. The van der Waals surface area contributed by atoms with Gasteiger partial charge in [-0.25, -0.2) is 4.98 Å². The molecule has 2 aromatic heterocycles. The second kappa shape index (κ2) is 9.84. The average Bonchev–Trinajstić information content (AvgIpc) is 3.41. The maximum absolute atomic E-state index is 12.0. The number of carbonyl (C=O) groups excluding carboxylic acids is 1. The molecule has 1 atom stereocenters. The van der Waals surface area contributed by atoms with Crippen LogP contribution < -0.4 is 15.5 Å². The predicted octanol–water partition coefficient (Wildman–Crippen LogP) is 1.95. The maximum Gasteiger partial charge on any atom is 0.237 e. The van der Waals surface area contributed by atoms with Crippen molar-refractivity contribution in [2.45, 2.75) is 44.6 Å². The summed E-state index contributed by atoms with van der Waals surface area (Å²) >= 11 is 0. The van der Waals surface area contributed by atoms with E-state index in [1.54, 1.807) is 6.20 Å². The van der Waals surface area contributed by atoms with E-state index in [1.807, 2.05) is 12.1 Å². The van der Waals surface area contributed by atoms with Gasteiger partial charge in [0.15, 0.2) is 0 Å². The van der Waals surface area contributed by atoms with Gasteiger partial charge in [0, 0.05) is 37.8 Å². The van der Waals surface area contributed by atoms with Crippen molar-refractivity contribution in [2.24, 2.45) is 0 Å². The quantitative estimate of drug-likeness (QED) is 0.756. The van der Waals surface area contributed by atoms with Gasteiger partial charge in [-0.05, 0) is 50.8 Å². The zero-order valence-electron chi connectivity index (χ0n) is 15.9. The van der Waals surface area contributed by atoms with Gasteiger partial charge in [0.2, 0.25) is 17.6 Å². The first kappa shape index (κ1) is 20.5. The lowest BCUT2D eigenvalue weighted by molar-refractivity contribution is -0.122. The van der Waals surface area contributed by atoms with E-state index in [0.29, 0.717) is 24.7 Å². The molecular weight excluding hydrogens is 380 g/mol. The van der Waals surface area contributed by atoms with Crippen molar-refractivity contribution < 1.29 is 9.32 Å². The number of halogens is 1. The van der Waals surface area contributed by atoms with Gasteiger partial charge in [0.1, 0.15) is 5.82 Å². The fraction of sp³-hybridized carbons (Fsp3) is 0.579. The van der Waals surface area contributed by atoms with E-state index < -0.39 is 0 Å². The first-order valence-electron chi connectivity index (χ1n) is 9.85. The Bertz CT molecular complexity index is 754. The predicted molar refractivity (Wildman–Crippen MR) is 109 cm³/mol. The molecule has 2 aromatic rings. The molecule has 1 unspecified atom stereocenters. The molecule has 2 aliphatic heterocycles. The van der Waals surface area contributed by atoms with Crippen LogP contribution in [0.15, 0.2) is 22.9 Å². The zero-order valence-corrected chi connectivity index (χ0v) is 16.7. The van der Waals surface area contributed by atoms with Crippen molar-refractivity contribution in [1.29, 1.82) is 0 Å². The van der Waals surface area contributed by atoms with Gasteiger partial charge >= 0.3 is 0 Å². The Hall–Kier alpha value is -2.19. The molecule has 0 bridgehead atoms. The van der Waals surface area contributed by atoms with Crippen LogP contribution in [0.3, 0.4) is 0 Å². The lowest BCUT2D eigenvalue weighted by Gasteiger charge is -2.27. The van der Waals surface area contributed by atoms with Crippen LogP contribution in [0.4, 0.5) is 5.82 Å². The molecule has 152 valence electrons. The Balaban J connectivity index is 0.00000225. The fourth-order valence-electron chi connectivity index (χ4n) is 3.63. The highest BCUT2D eigenvalue weighted by atomic mass is 35.5. The van der Waals surface area contributed by atoms with Crippen LogP contribution in [0.5, 0.6) is 0 Å². The molecule has 4 rings (SSSR count). The minimum atomic E-state index is -0.0623. The molecule has 0 radical (unpaired) electrons. The Kier molecular flexibility index (Phi) is 7.22. The number of piperidine rings is 1. The number of nitrogens with zero attached hydrogens (tertiary/aromatic N) is 4. The smallest absolute Gasteiger partial charge is 0.237 e. The van der Waals surface area contributed by atoms with E-state index in [4.69, 9.17) is 4.52 Å². The van der Waals surface area contributed by atoms with Crippen LogP contribution in [-0.2, 0) is 11.2 Å². The lowest BCUT2D eigenvalue weighted by Crippen LogP contribution is -2.41. The summed E-state index contributed by atoms with van der Waals surface area (Å²) in [6.07, 6.45) is 8.03. The first-order chi connectivity index (χ1) is 13.3. The highest BCUT2D eigenvalue weighted by Gasteiger charge is 2.21. The summed E-state index contributed by atoms with van der Waals surface area (Å²) in [7, 11) is 0. The summed E-state index contributed by atoms with van der Waals surface area (Å²) in [6.45, 7) is 3.54. The summed E-state index contributed by atoms with van der Waals surface area (Å²) < 4.78 is 5.31. The molecule has 2 aliphatic rings. The van der Waals surface area contributed by atoms with Gasteiger partial charge in [0.25, 0.3) is 0 Å². The molecule has 0 spiro atoms. The molecule has 2 fully saturated rings. The zero-order chi connectivity index (χ0) is 18.5. The van der Waals surface area contributed by atoms with Crippen LogP contribution >= 0.6 is 12.4 Å². The summed E-state index contributed by atoms with van der Waals surface area (Å²) in [5, 5.41) is 10.1. The number of anilines is 1. The van der Waals surface area contributed by atoms with Crippen molar-refractivity contribution in [3.05, 3.63) is 24.2 Å². The van der Waals surface area contributed by atoms with E-state index in [-0.39, 0.29) is 24.4 Å². The van der Waals surface area contributed by atoms with E-state index in [0.717, 1.165) is 43.9 Å². The number of carbonyl (C=O) groups is 1. The van der Waals surface area contributed by atoms with Gasteiger partial charge in [-0.2, -0.15) is 4.98 Å². The van der Waals surface area contributed by atoms with Crippen molar-refractivity contribution in [1.82, 2.24) is 25.8 Å². The largest absolute Gasteiger partial charge is 0.357 e. The minimum Gasteiger partial charge on any atom is -0.357 e. The van der Waals surface area contributed by atoms with Gasteiger partial charge < -0.3 is 20.1 Å². The van der Waals surface area contributed by atoms with Gasteiger partial charge in [-0.1, -0.05) is 5.16 Å². The van der Waals surface area contributed by atoms with Crippen LogP contribution in [0, 0.1) is 0 Å². The number of hydrogen-bond acceptors (Lipinski definition) is 7. The first-order valence-corrected chi connectivity index (χ1v) is 9.85. The standard InChI is InChI=1S/C19H26N6O2.ClH/c26-19(15-5-4-9-20-15)21-10-8-17-23-18(24-27-17)14-6-7-16(22-13-14)25-11-2-1-3-12-25;/h6-7,13,15,20H,1-5,8-12H2,(H,21,26);1H. The van der Waals surface area contributed by atoms with Crippen LogP contribution in [0.1, 0.15) is 38.0 Å². The van der Waals surface area contributed by atoms with E-state index in [1.165, 1.54) is 19.3 Å². The summed E-state index contributed by atoms with van der Waals surface area (Å²) in [5.41, 5.74) is 0.838. The second-order valence-electron chi connectivity index (χ2n) is 7.15. The van der Waals surface area contributed by atoms with Crippen molar-refractivity contribution in [3.8, 4) is 11.4 Å². The topological polar surface area (TPSA) is 96.2 Å². The molecule has 2 N–H and O–H groups in total. The third-order valence-electron chi connectivity index (χ3n) is 5.17. The fourth-order valence-corrected chi connectivity index (χ4v) is 3.63. The molecule has 8 nitrogen and oxygen atoms in total. The lowest BCUT2D eigenvalue weighted by atomic mass is 10.1. The molecule has 0 aromatic carbocycles. The molecular formula is C19H27ClN6O2. The molecule has 0 saturated carbocycles. The number of nitrogens with one attached hydrogen (secondary N) is 2. The van der Waals surface area contributed by atoms with E-state index in [9.17, 15) is 4.79 Å². The van der Waals surface area contributed by atoms with E-state index >= 15 is 0 Å². The number of aromatic nitrogens is 3. The van der Waals surface area contributed by atoms with Crippen molar-refractivity contribution >= 4 is 24.1 Å². The van der Waals surface area contributed by atoms with Gasteiger partial charge in [0.05, 0.1) is 6.04 Å². The van der Waals surface area contributed by atoms with Crippen molar-refractivity contribution in [2.75, 3.05) is 31.1 Å².